The maximum atomic E-state index is 6.05. The largest absolute Gasteiger partial charge is 0.436 e. The third kappa shape index (κ3) is 3.66. The summed E-state index contributed by atoms with van der Waals surface area (Å²) >= 11 is 1.87. The zero-order valence-corrected chi connectivity index (χ0v) is 23.2. The van der Waals surface area contributed by atoms with Crippen molar-refractivity contribution in [3.8, 4) is 33.4 Å². The molecule has 9 aromatic rings. The molecule has 0 fully saturated rings. The first-order chi connectivity index (χ1) is 20.8. The predicted molar refractivity (Wildman–Crippen MR) is 176 cm³/mol. The number of rotatable bonds is 3. The van der Waals surface area contributed by atoms with Crippen LogP contribution in [0.1, 0.15) is 0 Å². The molecule has 0 saturated carbocycles. The molecule has 0 aliphatic rings. The van der Waals surface area contributed by atoms with Crippen LogP contribution in [-0.2, 0) is 0 Å². The van der Waals surface area contributed by atoms with E-state index < -0.39 is 0 Å². The van der Waals surface area contributed by atoms with Gasteiger partial charge in [0.15, 0.2) is 0 Å². The summed E-state index contributed by atoms with van der Waals surface area (Å²) < 4.78 is 8.71. The average molecular weight is 555 g/mol. The van der Waals surface area contributed by atoms with Crippen molar-refractivity contribution in [2.24, 2.45) is 0 Å². The van der Waals surface area contributed by atoms with Gasteiger partial charge in [-0.25, -0.2) is 9.97 Å². The Hall–Kier alpha value is -5.32. The van der Waals surface area contributed by atoms with Gasteiger partial charge in [-0.3, -0.25) is 0 Å². The number of hydrogen-bond acceptors (Lipinski definition) is 4. The summed E-state index contributed by atoms with van der Waals surface area (Å²) in [5.41, 5.74) is 11.1. The van der Waals surface area contributed by atoms with Crippen LogP contribution in [0.4, 0.5) is 0 Å². The summed E-state index contributed by atoms with van der Waals surface area (Å²) in [6.45, 7) is 0. The molecule has 3 heterocycles. The van der Waals surface area contributed by atoms with Crippen molar-refractivity contribution in [1.29, 1.82) is 0 Å². The van der Waals surface area contributed by atoms with Crippen LogP contribution in [0.5, 0.6) is 0 Å². The summed E-state index contributed by atoms with van der Waals surface area (Å²) in [6.07, 6.45) is 0. The molecule has 0 atom stereocenters. The van der Waals surface area contributed by atoms with Crippen LogP contribution in [0.25, 0.3) is 86.8 Å². The molecule has 0 amide bonds. The fraction of sp³-hybridized carbons (Fsp3) is 0. The van der Waals surface area contributed by atoms with Gasteiger partial charge in [-0.15, -0.1) is 11.3 Å². The van der Waals surface area contributed by atoms with Gasteiger partial charge in [0.1, 0.15) is 11.1 Å². The third-order valence-electron chi connectivity index (χ3n) is 8.11. The van der Waals surface area contributed by atoms with Gasteiger partial charge in [-0.2, -0.15) is 0 Å². The van der Waals surface area contributed by atoms with Crippen LogP contribution in [0, 0.1) is 0 Å². The topological polar surface area (TPSA) is 38.9 Å². The number of para-hydroxylation sites is 2. The van der Waals surface area contributed by atoms with Gasteiger partial charge >= 0.3 is 0 Å². The monoisotopic (exact) mass is 554 g/mol. The normalized spacial score (nSPS) is 11.8. The van der Waals surface area contributed by atoms with Gasteiger partial charge in [-0.05, 0) is 69.8 Å². The number of aromatic nitrogens is 2. The summed E-state index contributed by atoms with van der Waals surface area (Å²) in [7, 11) is 0. The van der Waals surface area contributed by atoms with Gasteiger partial charge in [0, 0.05) is 25.6 Å². The van der Waals surface area contributed by atoms with E-state index in [1.54, 1.807) is 0 Å². The first kappa shape index (κ1) is 23.4. The minimum atomic E-state index is 0.572. The molecule has 4 heteroatoms. The molecule has 0 radical (unpaired) electrons. The molecule has 42 heavy (non-hydrogen) atoms. The van der Waals surface area contributed by atoms with Crippen molar-refractivity contribution < 1.29 is 4.42 Å². The van der Waals surface area contributed by atoms with Crippen LogP contribution in [0.15, 0.2) is 138 Å². The zero-order valence-electron chi connectivity index (χ0n) is 22.4. The van der Waals surface area contributed by atoms with Gasteiger partial charge in [0.2, 0.25) is 5.71 Å². The highest BCUT2D eigenvalue weighted by Gasteiger charge is 2.14. The SMILES string of the molecule is c1cc(-c2ccc(-c3ccc4oc5nc6ccccc6nc5c4c3)cc2)cc(-c2cccc3c2sc2ccccc23)c1. The summed E-state index contributed by atoms with van der Waals surface area (Å²) in [5, 5.41) is 3.63. The molecular weight excluding hydrogens is 532 g/mol. The molecule has 0 bridgehead atoms. The van der Waals surface area contributed by atoms with E-state index in [0.29, 0.717) is 5.71 Å². The van der Waals surface area contributed by atoms with Crippen molar-refractivity contribution in [3.05, 3.63) is 133 Å². The molecule has 3 aromatic heterocycles. The Labute approximate surface area is 245 Å². The smallest absolute Gasteiger partial charge is 0.246 e. The Balaban J connectivity index is 1.09. The second-order valence-electron chi connectivity index (χ2n) is 10.6. The Kier molecular flexibility index (Phi) is 5.07. The van der Waals surface area contributed by atoms with Crippen molar-refractivity contribution in [3.63, 3.8) is 0 Å². The van der Waals surface area contributed by atoms with E-state index in [9.17, 15) is 0 Å². The maximum Gasteiger partial charge on any atom is 0.246 e. The van der Waals surface area contributed by atoms with E-state index >= 15 is 0 Å². The molecule has 6 aromatic carbocycles. The first-order valence-electron chi connectivity index (χ1n) is 14.0. The number of benzene rings is 6. The standard InChI is InChI=1S/C38H22N2OS/c1-4-14-35-29(9-1)30-11-6-10-28(37(30)42-35)27-8-5-7-25(21-27)23-15-17-24(18-16-23)26-19-20-34-31(22-26)36-38(41-34)40-33-13-3-2-12-32(33)39-36/h1-22H. The number of furan rings is 1. The summed E-state index contributed by atoms with van der Waals surface area (Å²) in [5.74, 6) is 0. The van der Waals surface area contributed by atoms with Crippen LogP contribution < -0.4 is 0 Å². The minimum absolute atomic E-state index is 0.572. The number of thiophene rings is 1. The zero-order chi connectivity index (χ0) is 27.6. The molecule has 0 spiro atoms. The van der Waals surface area contributed by atoms with E-state index in [4.69, 9.17) is 14.4 Å². The van der Waals surface area contributed by atoms with Crippen molar-refractivity contribution in [2.75, 3.05) is 0 Å². The highest BCUT2D eigenvalue weighted by atomic mass is 32.1. The average Bonchev–Trinajstić information content (AvgIpc) is 3.61. The summed E-state index contributed by atoms with van der Waals surface area (Å²) in [6, 6.07) is 47.2. The lowest BCUT2D eigenvalue weighted by Crippen LogP contribution is -1.84. The van der Waals surface area contributed by atoms with E-state index in [2.05, 4.69) is 103 Å². The lowest BCUT2D eigenvalue weighted by molar-refractivity contribution is 0.655. The van der Waals surface area contributed by atoms with Crippen molar-refractivity contribution in [2.45, 2.75) is 0 Å². The molecule has 3 nitrogen and oxygen atoms in total. The highest BCUT2D eigenvalue weighted by molar-refractivity contribution is 7.26. The van der Waals surface area contributed by atoms with Crippen molar-refractivity contribution >= 4 is 64.7 Å². The molecule has 196 valence electrons. The molecule has 0 unspecified atom stereocenters. The van der Waals surface area contributed by atoms with E-state index in [-0.39, 0.29) is 0 Å². The molecule has 0 aliphatic carbocycles. The van der Waals surface area contributed by atoms with E-state index in [0.717, 1.165) is 38.6 Å². The molecule has 0 N–H and O–H groups in total. The third-order valence-corrected chi connectivity index (χ3v) is 9.33. The Morgan fingerprint density at radius 3 is 2.00 bits per heavy atom. The lowest BCUT2D eigenvalue weighted by Gasteiger charge is -2.09. The van der Waals surface area contributed by atoms with Gasteiger partial charge < -0.3 is 4.42 Å². The van der Waals surface area contributed by atoms with Crippen molar-refractivity contribution in [1.82, 2.24) is 9.97 Å². The number of hydrogen-bond donors (Lipinski definition) is 0. The minimum Gasteiger partial charge on any atom is -0.436 e. The second kappa shape index (κ2) is 9.10. The van der Waals surface area contributed by atoms with E-state index in [1.807, 2.05) is 41.7 Å². The molecular formula is C38H22N2OS. The number of fused-ring (bicyclic) bond motifs is 7. The fourth-order valence-corrected chi connectivity index (χ4v) is 7.25. The Morgan fingerprint density at radius 1 is 0.476 bits per heavy atom. The second-order valence-corrected chi connectivity index (χ2v) is 11.7. The highest BCUT2D eigenvalue weighted by Crippen LogP contribution is 2.40. The maximum absolute atomic E-state index is 6.05. The van der Waals surface area contributed by atoms with Gasteiger partial charge in [-0.1, -0.05) is 97.1 Å². The van der Waals surface area contributed by atoms with Gasteiger partial charge in [0.05, 0.1) is 11.0 Å². The van der Waals surface area contributed by atoms with E-state index in [1.165, 1.54) is 42.4 Å². The molecule has 0 aliphatic heterocycles. The summed E-state index contributed by atoms with van der Waals surface area (Å²) in [4.78, 5) is 9.55. The van der Waals surface area contributed by atoms with Crippen LogP contribution in [-0.4, -0.2) is 9.97 Å². The first-order valence-corrected chi connectivity index (χ1v) is 14.8. The number of nitrogens with zero attached hydrogens (tertiary/aromatic N) is 2. The van der Waals surface area contributed by atoms with Crippen LogP contribution >= 0.6 is 11.3 Å². The Bertz CT molecular complexity index is 2470. The quantitative estimate of drug-likeness (QED) is 0.218. The fourth-order valence-electron chi connectivity index (χ4n) is 6.01. The molecule has 9 rings (SSSR count). The van der Waals surface area contributed by atoms with Crippen LogP contribution in [0.3, 0.4) is 0 Å². The Morgan fingerprint density at radius 2 is 1.14 bits per heavy atom. The predicted octanol–water partition coefficient (Wildman–Crippen LogP) is 10.9. The van der Waals surface area contributed by atoms with Gasteiger partial charge in [0.25, 0.3) is 0 Å². The van der Waals surface area contributed by atoms with Crippen LogP contribution in [0.2, 0.25) is 0 Å². The lowest BCUT2D eigenvalue weighted by atomic mass is 9.96. The molecule has 0 saturated heterocycles.